The van der Waals surface area contributed by atoms with Crippen LogP contribution in [0.1, 0.15) is 38.8 Å². The molecule has 21 heavy (non-hydrogen) atoms. The van der Waals surface area contributed by atoms with E-state index >= 15 is 0 Å². The largest absolute Gasteiger partial charge is 0.507 e. The van der Waals surface area contributed by atoms with E-state index in [0.717, 1.165) is 0 Å². The third-order valence-corrected chi connectivity index (χ3v) is 3.35. The lowest BCUT2D eigenvalue weighted by atomic mass is 10.0. The summed E-state index contributed by atoms with van der Waals surface area (Å²) in [5.41, 5.74) is 0.716. The van der Waals surface area contributed by atoms with Crippen LogP contribution in [0, 0.1) is 5.92 Å². The molecule has 0 saturated heterocycles. The Hall–Kier alpha value is -1.75. The van der Waals surface area contributed by atoms with Crippen molar-refractivity contribution >= 4 is 5.97 Å². The molecule has 1 aromatic carbocycles. The second-order valence-electron chi connectivity index (χ2n) is 5.52. The number of hydrogen-bond donors (Lipinski definition) is 2. The van der Waals surface area contributed by atoms with Gasteiger partial charge in [-0.1, -0.05) is 19.9 Å². The maximum atomic E-state index is 11.8. The first-order valence-electron chi connectivity index (χ1n) is 7.09. The highest BCUT2D eigenvalue weighted by atomic mass is 16.5. The lowest BCUT2D eigenvalue weighted by Crippen LogP contribution is -2.40. The lowest BCUT2D eigenvalue weighted by Gasteiger charge is -2.23. The van der Waals surface area contributed by atoms with E-state index in [1.165, 1.54) is 7.11 Å². The van der Waals surface area contributed by atoms with Crippen molar-refractivity contribution in [1.82, 2.24) is 5.32 Å². The van der Waals surface area contributed by atoms with Gasteiger partial charge < -0.3 is 14.6 Å². The first-order chi connectivity index (χ1) is 9.88. The molecule has 0 radical (unpaired) electrons. The van der Waals surface area contributed by atoms with Gasteiger partial charge in [-0.3, -0.25) is 10.1 Å². The van der Waals surface area contributed by atoms with Crippen molar-refractivity contribution in [1.29, 1.82) is 0 Å². The molecule has 0 amide bonds. The van der Waals surface area contributed by atoms with E-state index in [-0.39, 0.29) is 17.8 Å². The molecule has 2 unspecified atom stereocenters. The molecule has 2 atom stereocenters. The van der Waals surface area contributed by atoms with Crippen molar-refractivity contribution < 1.29 is 19.4 Å². The van der Waals surface area contributed by atoms with E-state index in [4.69, 9.17) is 9.47 Å². The summed E-state index contributed by atoms with van der Waals surface area (Å²) in [5.74, 6) is 0.805. The van der Waals surface area contributed by atoms with Crippen molar-refractivity contribution in [3.63, 3.8) is 0 Å². The highest BCUT2D eigenvalue weighted by Gasteiger charge is 2.23. The van der Waals surface area contributed by atoms with Crippen LogP contribution in [0.15, 0.2) is 18.2 Å². The summed E-state index contributed by atoms with van der Waals surface area (Å²) in [4.78, 5) is 11.8. The molecule has 118 valence electrons. The van der Waals surface area contributed by atoms with Crippen molar-refractivity contribution in [3.8, 4) is 11.5 Å². The molecule has 0 saturated carbocycles. The number of carbonyl (C=O) groups is 1. The van der Waals surface area contributed by atoms with Gasteiger partial charge in [-0.2, -0.15) is 0 Å². The molecule has 5 nitrogen and oxygen atoms in total. The highest BCUT2D eigenvalue weighted by Crippen LogP contribution is 2.28. The van der Waals surface area contributed by atoms with Crippen LogP contribution in [0.25, 0.3) is 0 Å². The summed E-state index contributed by atoms with van der Waals surface area (Å²) in [6.07, 6.45) is 0.675. The number of rotatable bonds is 7. The van der Waals surface area contributed by atoms with Gasteiger partial charge in [-0.05, 0) is 25.3 Å². The number of hydrogen-bond acceptors (Lipinski definition) is 5. The first kappa shape index (κ1) is 17.3. The standard InChI is InChI=1S/C16H25NO4/c1-10(2)8-14(16(19)21-5)17-11(3)13-7-6-12(20-4)9-15(13)18/h6-7,9-11,14,17-18H,8H2,1-5H3. The third kappa shape index (κ3) is 4.93. The van der Waals surface area contributed by atoms with E-state index in [2.05, 4.69) is 5.32 Å². The Morgan fingerprint density at radius 3 is 2.43 bits per heavy atom. The summed E-state index contributed by atoms with van der Waals surface area (Å²) in [6.45, 7) is 6.00. The Balaban J connectivity index is 2.85. The van der Waals surface area contributed by atoms with Crippen LogP contribution in [0.3, 0.4) is 0 Å². The van der Waals surface area contributed by atoms with Crippen molar-refractivity contribution in [2.45, 2.75) is 39.3 Å². The average molecular weight is 295 g/mol. The van der Waals surface area contributed by atoms with Crippen LogP contribution in [0.4, 0.5) is 0 Å². The maximum Gasteiger partial charge on any atom is 0.322 e. The van der Waals surface area contributed by atoms with E-state index in [1.54, 1.807) is 25.3 Å². The molecule has 2 N–H and O–H groups in total. The molecule has 1 rings (SSSR count). The first-order valence-corrected chi connectivity index (χ1v) is 7.09. The lowest BCUT2D eigenvalue weighted by molar-refractivity contribution is -0.143. The minimum absolute atomic E-state index is 0.141. The fourth-order valence-corrected chi connectivity index (χ4v) is 2.25. The van der Waals surface area contributed by atoms with Gasteiger partial charge in [-0.15, -0.1) is 0 Å². The van der Waals surface area contributed by atoms with Gasteiger partial charge in [0, 0.05) is 17.7 Å². The Kier molecular flexibility index (Phi) is 6.49. The molecule has 0 aliphatic rings. The zero-order chi connectivity index (χ0) is 16.0. The number of phenolic OH excluding ortho intramolecular Hbond substituents is 1. The van der Waals surface area contributed by atoms with Crippen molar-refractivity contribution in [3.05, 3.63) is 23.8 Å². The average Bonchev–Trinajstić information content (AvgIpc) is 2.44. The molecule has 0 aromatic heterocycles. The summed E-state index contributed by atoms with van der Waals surface area (Å²) in [6, 6.07) is 4.55. The molecule has 0 heterocycles. The molecule has 1 aromatic rings. The van der Waals surface area contributed by atoms with Crippen LogP contribution >= 0.6 is 0 Å². The van der Waals surface area contributed by atoms with Gasteiger partial charge in [0.25, 0.3) is 0 Å². The predicted molar refractivity (Wildman–Crippen MR) is 81.5 cm³/mol. The number of phenols is 1. The van der Waals surface area contributed by atoms with Crippen molar-refractivity contribution in [2.75, 3.05) is 14.2 Å². The zero-order valence-electron chi connectivity index (χ0n) is 13.3. The van der Waals surface area contributed by atoms with E-state index in [1.807, 2.05) is 20.8 Å². The topological polar surface area (TPSA) is 67.8 Å². The van der Waals surface area contributed by atoms with E-state index < -0.39 is 6.04 Å². The molecular weight excluding hydrogens is 270 g/mol. The van der Waals surface area contributed by atoms with Gasteiger partial charge in [0.15, 0.2) is 0 Å². The third-order valence-electron chi connectivity index (χ3n) is 3.35. The summed E-state index contributed by atoms with van der Waals surface area (Å²) in [7, 11) is 2.93. The van der Waals surface area contributed by atoms with Gasteiger partial charge in [0.2, 0.25) is 0 Å². The monoisotopic (exact) mass is 295 g/mol. The quantitative estimate of drug-likeness (QED) is 0.757. The summed E-state index contributed by atoms with van der Waals surface area (Å²) < 4.78 is 9.90. The molecule has 0 spiro atoms. The highest BCUT2D eigenvalue weighted by molar-refractivity contribution is 5.75. The van der Waals surface area contributed by atoms with Crippen LogP contribution < -0.4 is 10.1 Å². The summed E-state index contributed by atoms with van der Waals surface area (Å²) in [5, 5.41) is 13.3. The second kappa shape index (κ2) is 7.88. The number of esters is 1. The number of aromatic hydroxyl groups is 1. The van der Waals surface area contributed by atoms with Crippen LogP contribution in [0.2, 0.25) is 0 Å². The second-order valence-corrected chi connectivity index (χ2v) is 5.52. The predicted octanol–water partition coefficient (Wildman–Crippen LogP) is 2.64. The minimum Gasteiger partial charge on any atom is -0.507 e. The molecule has 0 aliphatic heterocycles. The molecule has 0 fully saturated rings. The minimum atomic E-state index is -0.397. The number of benzene rings is 1. The Morgan fingerprint density at radius 1 is 1.29 bits per heavy atom. The molecular formula is C16H25NO4. The van der Waals surface area contributed by atoms with E-state index in [9.17, 15) is 9.90 Å². The van der Waals surface area contributed by atoms with Crippen LogP contribution in [-0.2, 0) is 9.53 Å². The van der Waals surface area contributed by atoms with Gasteiger partial charge in [-0.25, -0.2) is 0 Å². The number of methoxy groups -OCH3 is 2. The van der Waals surface area contributed by atoms with Crippen LogP contribution in [0.5, 0.6) is 11.5 Å². The van der Waals surface area contributed by atoms with Crippen LogP contribution in [-0.4, -0.2) is 31.3 Å². The smallest absolute Gasteiger partial charge is 0.322 e. The fourth-order valence-electron chi connectivity index (χ4n) is 2.25. The number of ether oxygens (including phenoxy) is 2. The van der Waals surface area contributed by atoms with Gasteiger partial charge in [0.1, 0.15) is 17.5 Å². The number of nitrogens with one attached hydrogen (secondary N) is 1. The summed E-state index contributed by atoms with van der Waals surface area (Å²) >= 11 is 0. The normalized spacial score (nSPS) is 13.8. The Labute approximate surface area is 126 Å². The molecule has 0 bridgehead atoms. The SMILES string of the molecule is COC(=O)C(CC(C)C)NC(C)c1ccc(OC)cc1O. The van der Waals surface area contributed by atoms with Crippen molar-refractivity contribution in [2.24, 2.45) is 5.92 Å². The Bertz CT molecular complexity index is 473. The van der Waals surface area contributed by atoms with Gasteiger partial charge in [0.05, 0.1) is 14.2 Å². The Morgan fingerprint density at radius 2 is 1.95 bits per heavy atom. The molecule has 0 aliphatic carbocycles. The molecule has 5 heteroatoms. The zero-order valence-corrected chi connectivity index (χ0v) is 13.3. The number of carbonyl (C=O) groups excluding carboxylic acids is 1. The maximum absolute atomic E-state index is 11.8. The van der Waals surface area contributed by atoms with E-state index in [0.29, 0.717) is 23.7 Å². The van der Waals surface area contributed by atoms with Gasteiger partial charge >= 0.3 is 5.97 Å². The fraction of sp³-hybridized carbons (Fsp3) is 0.562.